The standard InChI is InChI=1S/C17H17FN2O/c1-11-6-7-13(18)10-15(11)20-17(21)16-14-5-3-2-4-12(14)8-9-19-16/h2-7,10,16,19H,8-9H2,1H3,(H,20,21). The van der Waals surface area contributed by atoms with Crippen molar-refractivity contribution >= 4 is 11.6 Å². The first-order valence-electron chi connectivity index (χ1n) is 7.03. The average molecular weight is 284 g/mol. The van der Waals surface area contributed by atoms with Crippen molar-refractivity contribution in [2.45, 2.75) is 19.4 Å². The minimum atomic E-state index is -0.391. The van der Waals surface area contributed by atoms with Gasteiger partial charge in [-0.2, -0.15) is 0 Å². The van der Waals surface area contributed by atoms with E-state index >= 15 is 0 Å². The molecule has 0 saturated heterocycles. The molecule has 1 amide bonds. The minimum absolute atomic E-state index is 0.157. The number of fused-ring (bicyclic) bond motifs is 1. The lowest BCUT2D eigenvalue weighted by molar-refractivity contribution is -0.118. The number of halogens is 1. The molecule has 2 aromatic rings. The van der Waals surface area contributed by atoms with Gasteiger partial charge in [-0.05, 0) is 42.2 Å². The predicted molar refractivity (Wildman–Crippen MR) is 80.7 cm³/mol. The van der Waals surface area contributed by atoms with Crippen molar-refractivity contribution in [3.63, 3.8) is 0 Å². The third-order valence-electron chi connectivity index (χ3n) is 3.83. The SMILES string of the molecule is Cc1ccc(F)cc1NC(=O)C1NCCc2ccccc21. The molecule has 2 N–H and O–H groups in total. The van der Waals surface area contributed by atoms with Crippen molar-refractivity contribution in [1.82, 2.24) is 5.32 Å². The minimum Gasteiger partial charge on any atom is -0.324 e. The summed E-state index contributed by atoms with van der Waals surface area (Å²) in [5, 5.41) is 6.04. The van der Waals surface area contributed by atoms with Crippen LogP contribution in [0.3, 0.4) is 0 Å². The second kappa shape index (κ2) is 5.66. The van der Waals surface area contributed by atoms with Gasteiger partial charge in [-0.1, -0.05) is 30.3 Å². The van der Waals surface area contributed by atoms with Crippen LogP contribution in [0.25, 0.3) is 0 Å². The van der Waals surface area contributed by atoms with Crippen LogP contribution in [0.1, 0.15) is 22.7 Å². The number of anilines is 1. The lowest BCUT2D eigenvalue weighted by Gasteiger charge is -2.26. The zero-order valence-corrected chi connectivity index (χ0v) is 11.8. The molecule has 0 bridgehead atoms. The van der Waals surface area contributed by atoms with E-state index in [4.69, 9.17) is 0 Å². The van der Waals surface area contributed by atoms with Crippen LogP contribution in [0, 0.1) is 12.7 Å². The van der Waals surface area contributed by atoms with Crippen LogP contribution in [-0.2, 0) is 11.2 Å². The highest BCUT2D eigenvalue weighted by Gasteiger charge is 2.26. The molecule has 0 fully saturated rings. The lowest BCUT2D eigenvalue weighted by atomic mass is 9.94. The van der Waals surface area contributed by atoms with Gasteiger partial charge in [0.1, 0.15) is 11.9 Å². The number of hydrogen-bond acceptors (Lipinski definition) is 2. The molecule has 0 radical (unpaired) electrons. The second-order valence-electron chi connectivity index (χ2n) is 5.28. The van der Waals surface area contributed by atoms with Crippen LogP contribution in [-0.4, -0.2) is 12.5 Å². The maximum absolute atomic E-state index is 13.3. The third kappa shape index (κ3) is 2.81. The van der Waals surface area contributed by atoms with Crippen molar-refractivity contribution in [2.24, 2.45) is 0 Å². The maximum atomic E-state index is 13.3. The fourth-order valence-corrected chi connectivity index (χ4v) is 2.67. The summed E-state index contributed by atoms with van der Waals surface area (Å²) in [5.74, 6) is -0.510. The lowest BCUT2D eigenvalue weighted by Crippen LogP contribution is -2.38. The Balaban J connectivity index is 1.85. The Kier molecular flexibility index (Phi) is 3.71. The van der Waals surface area contributed by atoms with Crippen LogP contribution in [0.2, 0.25) is 0 Å². The molecule has 3 nitrogen and oxygen atoms in total. The molecule has 1 heterocycles. The van der Waals surface area contributed by atoms with E-state index in [0.29, 0.717) is 5.69 Å². The summed E-state index contributed by atoms with van der Waals surface area (Å²) in [6.45, 7) is 2.61. The van der Waals surface area contributed by atoms with E-state index in [1.54, 1.807) is 6.07 Å². The van der Waals surface area contributed by atoms with Gasteiger partial charge in [-0.25, -0.2) is 4.39 Å². The van der Waals surface area contributed by atoms with Crippen LogP contribution < -0.4 is 10.6 Å². The number of amides is 1. The molecule has 4 heteroatoms. The molecule has 1 unspecified atom stereocenters. The summed E-state index contributed by atoms with van der Waals surface area (Å²) in [6, 6.07) is 11.9. The van der Waals surface area contributed by atoms with Crippen molar-refractivity contribution in [2.75, 3.05) is 11.9 Å². The number of nitrogens with one attached hydrogen (secondary N) is 2. The van der Waals surface area contributed by atoms with Crippen LogP contribution in [0.15, 0.2) is 42.5 Å². The van der Waals surface area contributed by atoms with Gasteiger partial charge in [-0.3, -0.25) is 4.79 Å². The van der Waals surface area contributed by atoms with Crippen molar-refractivity contribution in [3.8, 4) is 0 Å². The highest BCUT2D eigenvalue weighted by atomic mass is 19.1. The molecule has 0 saturated carbocycles. The summed E-state index contributed by atoms with van der Waals surface area (Å²) in [7, 11) is 0. The van der Waals surface area contributed by atoms with Crippen LogP contribution in [0.5, 0.6) is 0 Å². The van der Waals surface area contributed by atoms with E-state index in [2.05, 4.69) is 10.6 Å². The predicted octanol–water partition coefficient (Wildman–Crippen LogP) is 2.96. The molecule has 3 rings (SSSR count). The normalized spacial score (nSPS) is 17.1. The van der Waals surface area contributed by atoms with Gasteiger partial charge in [0.2, 0.25) is 5.91 Å². The number of rotatable bonds is 2. The Morgan fingerprint density at radius 2 is 2.10 bits per heavy atom. The molecule has 1 aliphatic heterocycles. The number of aryl methyl sites for hydroxylation is 1. The smallest absolute Gasteiger partial charge is 0.246 e. The first-order chi connectivity index (χ1) is 10.1. The molecule has 1 aliphatic rings. The molecule has 0 spiro atoms. The molecule has 2 aromatic carbocycles. The Labute approximate surface area is 123 Å². The fraction of sp³-hybridized carbons (Fsp3) is 0.235. The van der Waals surface area contributed by atoms with Gasteiger partial charge < -0.3 is 10.6 Å². The molecule has 0 aliphatic carbocycles. The highest BCUT2D eigenvalue weighted by molar-refractivity contribution is 5.96. The van der Waals surface area contributed by atoms with Crippen LogP contribution >= 0.6 is 0 Å². The maximum Gasteiger partial charge on any atom is 0.246 e. The Morgan fingerprint density at radius 3 is 2.95 bits per heavy atom. The van der Waals surface area contributed by atoms with E-state index in [1.807, 2.05) is 31.2 Å². The topological polar surface area (TPSA) is 41.1 Å². The molecule has 108 valence electrons. The summed E-state index contributed by atoms with van der Waals surface area (Å²) in [5.41, 5.74) is 3.54. The van der Waals surface area contributed by atoms with Gasteiger partial charge in [0.15, 0.2) is 0 Å². The number of carbonyl (C=O) groups excluding carboxylic acids is 1. The Hall–Kier alpha value is -2.20. The second-order valence-corrected chi connectivity index (χ2v) is 5.28. The summed E-state index contributed by atoms with van der Waals surface area (Å²) in [4.78, 5) is 12.5. The van der Waals surface area contributed by atoms with Gasteiger partial charge in [0.25, 0.3) is 0 Å². The van der Waals surface area contributed by atoms with E-state index in [9.17, 15) is 9.18 Å². The van der Waals surface area contributed by atoms with Crippen molar-refractivity contribution < 1.29 is 9.18 Å². The summed E-state index contributed by atoms with van der Waals surface area (Å²) < 4.78 is 13.3. The number of carbonyl (C=O) groups is 1. The van der Waals surface area contributed by atoms with Gasteiger partial charge in [0.05, 0.1) is 0 Å². The molecular weight excluding hydrogens is 267 g/mol. The third-order valence-corrected chi connectivity index (χ3v) is 3.83. The largest absolute Gasteiger partial charge is 0.324 e. The first-order valence-corrected chi connectivity index (χ1v) is 7.03. The van der Waals surface area contributed by atoms with Gasteiger partial charge in [-0.15, -0.1) is 0 Å². The Morgan fingerprint density at radius 1 is 1.29 bits per heavy atom. The monoisotopic (exact) mass is 284 g/mol. The number of benzene rings is 2. The van der Waals surface area contributed by atoms with E-state index in [0.717, 1.165) is 24.1 Å². The molecule has 21 heavy (non-hydrogen) atoms. The van der Waals surface area contributed by atoms with Crippen molar-refractivity contribution in [1.29, 1.82) is 0 Å². The summed E-state index contributed by atoms with van der Waals surface area (Å²) in [6.07, 6.45) is 0.916. The summed E-state index contributed by atoms with van der Waals surface area (Å²) >= 11 is 0. The van der Waals surface area contributed by atoms with Gasteiger partial charge >= 0.3 is 0 Å². The van der Waals surface area contributed by atoms with Gasteiger partial charge in [0, 0.05) is 12.2 Å². The zero-order valence-electron chi connectivity index (χ0n) is 11.8. The Bertz CT molecular complexity index is 684. The van der Waals surface area contributed by atoms with E-state index in [1.165, 1.54) is 17.7 Å². The number of hydrogen-bond donors (Lipinski definition) is 2. The van der Waals surface area contributed by atoms with E-state index < -0.39 is 6.04 Å². The van der Waals surface area contributed by atoms with E-state index in [-0.39, 0.29) is 11.7 Å². The molecule has 0 aromatic heterocycles. The molecular formula is C17H17FN2O. The van der Waals surface area contributed by atoms with Crippen LogP contribution in [0.4, 0.5) is 10.1 Å². The molecule has 1 atom stereocenters. The fourth-order valence-electron chi connectivity index (χ4n) is 2.67. The quantitative estimate of drug-likeness (QED) is 0.890. The first kappa shape index (κ1) is 13.8. The average Bonchev–Trinajstić information content (AvgIpc) is 2.50. The van der Waals surface area contributed by atoms with Crippen molar-refractivity contribution in [3.05, 3.63) is 65.0 Å². The highest BCUT2D eigenvalue weighted by Crippen LogP contribution is 2.25. The zero-order chi connectivity index (χ0) is 14.8.